The van der Waals surface area contributed by atoms with Crippen molar-refractivity contribution in [3.8, 4) is 17.2 Å². The average molecular weight is 519 g/mol. The molecule has 3 aromatic carbocycles. The maximum atomic E-state index is 13.7. The van der Waals surface area contributed by atoms with E-state index in [0.717, 1.165) is 16.7 Å². The quantitative estimate of drug-likeness (QED) is 0.352. The molecule has 0 fully saturated rings. The minimum Gasteiger partial charge on any atom is -0.496 e. The summed E-state index contributed by atoms with van der Waals surface area (Å²) in [6.07, 6.45) is 0.384. The van der Waals surface area contributed by atoms with Gasteiger partial charge >= 0.3 is 0 Å². The molecule has 202 valence electrons. The first-order valence-electron chi connectivity index (χ1n) is 12.8. The Kier molecular flexibility index (Phi) is 10.6. The van der Waals surface area contributed by atoms with Crippen molar-refractivity contribution in [1.29, 1.82) is 0 Å². The van der Waals surface area contributed by atoms with Crippen LogP contribution in [-0.4, -0.2) is 50.1 Å². The van der Waals surface area contributed by atoms with Gasteiger partial charge in [-0.05, 0) is 24.0 Å². The molecule has 1 unspecified atom stereocenters. The number of ether oxygens (including phenoxy) is 3. The third kappa shape index (κ3) is 8.54. The minimum atomic E-state index is -0.715. The van der Waals surface area contributed by atoms with Crippen LogP contribution >= 0.6 is 0 Å². The Labute approximate surface area is 225 Å². The van der Waals surface area contributed by atoms with E-state index >= 15 is 0 Å². The molecule has 3 rings (SSSR count). The second kappa shape index (κ2) is 14.1. The average Bonchev–Trinajstić information content (AvgIpc) is 2.92. The third-order valence-corrected chi connectivity index (χ3v) is 6.08. The molecule has 0 aliphatic heterocycles. The van der Waals surface area contributed by atoms with Gasteiger partial charge in [0, 0.05) is 37.7 Å². The number of methoxy groups -OCH3 is 2. The van der Waals surface area contributed by atoms with Crippen LogP contribution in [0.3, 0.4) is 0 Å². The lowest BCUT2D eigenvalue weighted by atomic mass is 10.0. The first kappa shape index (κ1) is 28.6. The van der Waals surface area contributed by atoms with Crippen molar-refractivity contribution in [3.05, 3.63) is 89.5 Å². The van der Waals surface area contributed by atoms with Crippen LogP contribution in [0, 0.1) is 12.8 Å². The molecule has 3 aromatic rings. The van der Waals surface area contributed by atoms with E-state index in [-0.39, 0.29) is 30.9 Å². The Morgan fingerprint density at radius 1 is 0.842 bits per heavy atom. The molecule has 1 atom stereocenters. The fraction of sp³-hybridized carbons (Fsp3) is 0.355. The summed E-state index contributed by atoms with van der Waals surface area (Å²) in [5.41, 5.74) is 2.99. The van der Waals surface area contributed by atoms with Gasteiger partial charge in [-0.3, -0.25) is 9.59 Å². The van der Waals surface area contributed by atoms with Gasteiger partial charge in [-0.25, -0.2) is 0 Å². The van der Waals surface area contributed by atoms with Gasteiger partial charge in [-0.15, -0.1) is 0 Å². The summed E-state index contributed by atoms with van der Waals surface area (Å²) in [5, 5.41) is 3.03. The smallest absolute Gasteiger partial charge is 0.261 e. The van der Waals surface area contributed by atoms with Crippen molar-refractivity contribution in [3.63, 3.8) is 0 Å². The third-order valence-electron chi connectivity index (χ3n) is 6.08. The van der Waals surface area contributed by atoms with E-state index in [1.54, 1.807) is 37.3 Å². The molecule has 0 spiro atoms. The van der Waals surface area contributed by atoms with E-state index < -0.39 is 6.04 Å². The van der Waals surface area contributed by atoms with Crippen molar-refractivity contribution in [2.24, 2.45) is 5.92 Å². The van der Waals surface area contributed by atoms with Crippen LogP contribution in [0.25, 0.3) is 0 Å². The number of carbonyl (C=O) groups excluding carboxylic acids is 2. The standard InChI is InChI=1S/C31H38N2O5/c1-22(2)19-32-31(35)29(15-24-11-7-6-8-12-24)33(20-25-13-9-10-23(3)14-25)30(34)21-38-28-17-26(36-4)16-27(18-28)37-5/h6-14,16-18,22,29H,15,19-21H2,1-5H3,(H,32,35). The van der Waals surface area contributed by atoms with Gasteiger partial charge < -0.3 is 24.4 Å². The molecule has 0 radical (unpaired) electrons. The van der Waals surface area contributed by atoms with Crippen LogP contribution < -0.4 is 19.5 Å². The van der Waals surface area contributed by atoms with Crippen molar-refractivity contribution in [1.82, 2.24) is 10.2 Å². The van der Waals surface area contributed by atoms with Crippen LogP contribution in [0.5, 0.6) is 17.2 Å². The van der Waals surface area contributed by atoms with Gasteiger partial charge in [0.15, 0.2) is 6.61 Å². The highest BCUT2D eigenvalue weighted by Gasteiger charge is 2.30. The summed E-state index contributed by atoms with van der Waals surface area (Å²) in [4.78, 5) is 28.9. The zero-order valence-corrected chi connectivity index (χ0v) is 22.9. The summed E-state index contributed by atoms with van der Waals surface area (Å²) in [6, 6.07) is 22.1. The second-order valence-corrected chi connectivity index (χ2v) is 9.69. The molecule has 0 bridgehead atoms. The number of aryl methyl sites for hydroxylation is 1. The molecule has 0 heterocycles. The normalized spacial score (nSPS) is 11.5. The van der Waals surface area contributed by atoms with E-state index in [9.17, 15) is 9.59 Å². The lowest BCUT2D eigenvalue weighted by Crippen LogP contribution is -2.52. The van der Waals surface area contributed by atoms with Crippen LogP contribution in [0.2, 0.25) is 0 Å². The largest absolute Gasteiger partial charge is 0.496 e. The van der Waals surface area contributed by atoms with Crippen LogP contribution in [0.15, 0.2) is 72.8 Å². The number of rotatable bonds is 13. The molecule has 7 heteroatoms. The number of carbonyl (C=O) groups is 2. The van der Waals surface area contributed by atoms with E-state index in [1.807, 2.05) is 75.4 Å². The SMILES string of the molecule is COc1cc(OC)cc(OCC(=O)N(Cc2cccc(C)c2)C(Cc2ccccc2)C(=O)NCC(C)C)c1. The van der Waals surface area contributed by atoms with Gasteiger partial charge in [-0.1, -0.05) is 74.0 Å². The minimum absolute atomic E-state index is 0.188. The maximum Gasteiger partial charge on any atom is 0.261 e. The van der Waals surface area contributed by atoms with E-state index in [0.29, 0.717) is 30.2 Å². The van der Waals surface area contributed by atoms with Crippen LogP contribution in [0.1, 0.15) is 30.5 Å². The number of nitrogens with zero attached hydrogens (tertiary/aromatic N) is 1. The van der Waals surface area contributed by atoms with Gasteiger partial charge in [0.25, 0.3) is 5.91 Å². The van der Waals surface area contributed by atoms with E-state index in [2.05, 4.69) is 5.32 Å². The van der Waals surface area contributed by atoms with Crippen LogP contribution in [0.4, 0.5) is 0 Å². The van der Waals surface area contributed by atoms with Crippen molar-refractivity contribution < 1.29 is 23.8 Å². The summed E-state index contributed by atoms with van der Waals surface area (Å²) in [5.74, 6) is 1.34. The number of hydrogen-bond donors (Lipinski definition) is 1. The number of nitrogens with one attached hydrogen (secondary N) is 1. The van der Waals surface area contributed by atoms with Crippen LogP contribution in [-0.2, 0) is 22.6 Å². The molecule has 0 saturated heterocycles. The zero-order valence-electron chi connectivity index (χ0n) is 22.9. The fourth-order valence-electron chi connectivity index (χ4n) is 4.08. The Morgan fingerprint density at radius 2 is 1.47 bits per heavy atom. The van der Waals surface area contributed by atoms with Gasteiger partial charge in [0.1, 0.15) is 23.3 Å². The number of amides is 2. The molecule has 0 saturated carbocycles. The number of benzene rings is 3. The molecule has 1 N–H and O–H groups in total. The first-order valence-corrected chi connectivity index (χ1v) is 12.8. The molecule has 0 aliphatic carbocycles. The van der Waals surface area contributed by atoms with Gasteiger partial charge in [0.05, 0.1) is 14.2 Å². The highest BCUT2D eigenvalue weighted by atomic mass is 16.5. The lowest BCUT2D eigenvalue weighted by Gasteiger charge is -2.32. The van der Waals surface area contributed by atoms with Gasteiger partial charge in [-0.2, -0.15) is 0 Å². The number of hydrogen-bond acceptors (Lipinski definition) is 5. The fourth-order valence-corrected chi connectivity index (χ4v) is 4.08. The highest BCUT2D eigenvalue weighted by molar-refractivity contribution is 5.88. The molecular weight excluding hydrogens is 480 g/mol. The monoisotopic (exact) mass is 518 g/mol. The first-order chi connectivity index (χ1) is 18.3. The maximum absolute atomic E-state index is 13.7. The van der Waals surface area contributed by atoms with Crippen molar-refractivity contribution in [2.45, 2.75) is 39.8 Å². The Morgan fingerprint density at radius 3 is 2.08 bits per heavy atom. The molecular formula is C31H38N2O5. The van der Waals surface area contributed by atoms with E-state index in [4.69, 9.17) is 14.2 Å². The van der Waals surface area contributed by atoms with E-state index in [1.165, 1.54) is 0 Å². The molecule has 7 nitrogen and oxygen atoms in total. The summed E-state index contributed by atoms with van der Waals surface area (Å²) in [7, 11) is 3.11. The molecule has 0 aliphatic rings. The summed E-state index contributed by atoms with van der Waals surface area (Å²) < 4.78 is 16.5. The second-order valence-electron chi connectivity index (χ2n) is 9.69. The van der Waals surface area contributed by atoms with Crippen molar-refractivity contribution in [2.75, 3.05) is 27.4 Å². The Bertz CT molecular complexity index is 1170. The Hall–Kier alpha value is -4.00. The molecule has 38 heavy (non-hydrogen) atoms. The zero-order chi connectivity index (χ0) is 27.5. The predicted octanol–water partition coefficient (Wildman–Crippen LogP) is 4.80. The Balaban J connectivity index is 1.91. The van der Waals surface area contributed by atoms with Crippen molar-refractivity contribution >= 4 is 11.8 Å². The highest BCUT2D eigenvalue weighted by Crippen LogP contribution is 2.27. The topological polar surface area (TPSA) is 77.1 Å². The molecule has 0 aromatic heterocycles. The summed E-state index contributed by atoms with van der Waals surface area (Å²) >= 11 is 0. The predicted molar refractivity (Wildman–Crippen MR) is 149 cm³/mol. The van der Waals surface area contributed by atoms with Gasteiger partial charge in [0.2, 0.25) is 5.91 Å². The summed E-state index contributed by atoms with van der Waals surface area (Å²) in [6.45, 7) is 6.64. The lowest BCUT2D eigenvalue weighted by molar-refractivity contribution is -0.142. The molecule has 2 amide bonds.